The van der Waals surface area contributed by atoms with Crippen molar-refractivity contribution in [2.75, 3.05) is 6.26 Å². The van der Waals surface area contributed by atoms with Gasteiger partial charge in [-0.15, -0.1) is 0 Å². The zero-order valence-electron chi connectivity index (χ0n) is 8.41. The van der Waals surface area contributed by atoms with E-state index in [9.17, 15) is 0 Å². The molecule has 0 spiro atoms. The van der Waals surface area contributed by atoms with Gasteiger partial charge in [0.1, 0.15) is 0 Å². The summed E-state index contributed by atoms with van der Waals surface area (Å²) in [5, 5.41) is 11.6. The van der Waals surface area contributed by atoms with Crippen molar-refractivity contribution in [3.63, 3.8) is 0 Å². The van der Waals surface area contributed by atoms with Gasteiger partial charge in [-0.25, -0.2) is 4.99 Å². The number of aliphatic imine (C=N–C) groups is 1. The Kier molecular flexibility index (Phi) is 4.91. The van der Waals surface area contributed by atoms with Crippen LogP contribution >= 0.6 is 34.4 Å². The van der Waals surface area contributed by atoms with Crippen molar-refractivity contribution >= 4 is 45.2 Å². The fourth-order valence-corrected chi connectivity index (χ4v) is 1.78. The van der Waals surface area contributed by atoms with Gasteiger partial charge in [0.25, 0.3) is 0 Å². The Hall–Kier alpha value is -0.740. The second-order valence-corrected chi connectivity index (χ2v) is 4.75. The predicted molar refractivity (Wildman–Crippen MR) is 73.3 cm³/mol. The third-order valence-electron chi connectivity index (χ3n) is 1.74. The largest absolute Gasteiger partial charge is 0.271 e. The van der Waals surface area contributed by atoms with E-state index in [-0.39, 0.29) is 0 Å². The fourth-order valence-electron chi connectivity index (χ4n) is 0.941. The summed E-state index contributed by atoms with van der Waals surface area (Å²) in [7, 11) is 0. The van der Waals surface area contributed by atoms with Crippen molar-refractivity contribution in [1.82, 2.24) is 5.32 Å². The summed E-state index contributed by atoms with van der Waals surface area (Å²) in [6.07, 6.45) is 3.74. The zero-order valence-corrected chi connectivity index (χ0v) is 11.4. The smallest absolute Gasteiger partial charge is 0.183 e. The van der Waals surface area contributed by atoms with Crippen molar-refractivity contribution in [3.8, 4) is 6.19 Å². The lowest BCUT2D eigenvalue weighted by Crippen LogP contribution is -2.12. The van der Waals surface area contributed by atoms with Gasteiger partial charge in [0, 0.05) is 3.57 Å². The molecule has 0 atom stereocenters. The molecule has 0 aromatic heterocycles. The van der Waals surface area contributed by atoms with Gasteiger partial charge in [0.15, 0.2) is 11.4 Å². The molecule has 0 aliphatic carbocycles. The first-order valence-electron chi connectivity index (χ1n) is 4.21. The number of thioether (sulfide) groups is 1. The van der Waals surface area contributed by atoms with Crippen LogP contribution in [0, 0.1) is 21.9 Å². The summed E-state index contributed by atoms with van der Waals surface area (Å²) in [4.78, 5) is 4.31. The Bertz CT molecular complexity index is 423. The normalized spacial score (nSPS) is 10.9. The molecule has 0 unspecified atom stereocenters. The van der Waals surface area contributed by atoms with Crippen LogP contribution in [0.2, 0.25) is 0 Å². The lowest BCUT2D eigenvalue weighted by molar-refractivity contribution is 1.27. The molecular formula is C10H10IN3S. The highest BCUT2D eigenvalue weighted by Crippen LogP contribution is 2.20. The number of halogens is 1. The maximum Gasteiger partial charge on any atom is 0.183 e. The number of rotatable bonds is 1. The minimum atomic E-state index is 0.608. The van der Waals surface area contributed by atoms with Crippen LogP contribution in [0.3, 0.4) is 0 Å². The van der Waals surface area contributed by atoms with Crippen molar-refractivity contribution in [2.45, 2.75) is 6.92 Å². The van der Waals surface area contributed by atoms with E-state index in [2.05, 4.69) is 39.8 Å². The molecule has 0 saturated carbocycles. The standard InChI is InChI=1S/C10H10IN3S/c1-7-3-4-8(5-9(7)11)14-10(15-2)13-6-12/h3-5H,1-2H3,(H,13,14). The number of amidine groups is 1. The lowest BCUT2D eigenvalue weighted by Gasteiger charge is -2.02. The molecule has 1 aromatic carbocycles. The van der Waals surface area contributed by atoms with Crippen molar-refractivity contribution in [2.24, 2.45) is 4.99 Å². The monoisotopic (exact) mass is 331 g/mol. The highest BCUT2D eigenvalue weighted by atomic mass is 127. The number of nitrogens with one attached hydrogen (secondary N) is 1. The molecule has 78 valence electrons. The Morgan fingerprint density at radius 3 is 2.87 bits per heavy atom. The van der Waals surface area contributed by atoms with Gasteiger partial charge in [-0.05, 0) is 53.5 Å². The summed E-state index contributed by atoms with van der Waals surface area (Å²) < 4.78 is 1.17. The lowest BCUT2D eigenvalue weighted by atomic mass is 10.2. The highest BCUT2D eigenvalue weighted by molar-refractivity contribution is 14.1. The molecular weight excluding hydrogens is 321 g/mol. The summed E-state index contributed by atoms with van der Waals surface area (Å²) in [6.45, 7) is 2.05. The SMILES string of the molecule is CSC(=Nc1ccc(C)c(I)c1)NC#N. The minimum absolute atomic E-state index is 0.608. The topological polar surface area (TPSA) is 48.2 Å². The third kappa shape index (κ3) is 3.72. The van der Waals surface area contributed by atoms with E-state index in [0.717, 1.165) is 5.69 Å². The van der Waals surface area contributed by atoms with Crippen molar-refractivity contribution in [3.05, 3.63) is 27.3 Å². The highest BCUT2D eigenvalue weighted by Gasteiger charge is 1.98. The van der Waals surface area contributed by atoms with E-state index in [0.29, 0.717) is 5.17 Å². The molecule has 0 bridgehead atoms. The summed E-state index contributed by atoms with van der Waals surface area (Å²) in [6, 6.07) is 5.95. The van der Waals surface area contributed by atoms with Crippen LogP contribution in [-0.4, -0.2) is 11.4 Å². The average molecular weight is 331 g/mol. The van der Waals surface area contributed by atoms with Gasteiger partial charge >= 0.3 is 0 Å². The first-order chi connectivity index (χ1) is 7.17. The van der Waals surface area contributed by atoms with Crippen LogP contribution < -0.4 is 5.32 Å². The number of nitriles is 1. The van der Waals surface area contributed by atoms with Gasteiger partial charge in [-0.3, -0.25) is 5.32 Å². The van der Waals surface area contributed by atoms with E-state index in [1.807, 2.05) is 30.6 Å². The summed E-state index contributed by atoms with van der Waals surface area (Å²) in [5.41, 5.74) is 2.09. The van der Waals surface area contributed by atoms with E-state index >= 15 is 0 Å². The number of benzene rings is 1. The minimum Gasteiger partial charge on any atom is -0.271 e. The zero-order chi connectivity index (χ0) is 11.3. The molecule has 0 fully saturated rings. The van der Waals surface area contributed by atoms with Crippen LogP contribution in [-0.2, 0) is 0 Å². The van der Waals surface area contributed by atoms with Crippen LogP contribution in [0.25, 0.3) is 0 Å². The number of hydrogen-bond acceptors (Lipinski definition) is 3. The fraction of sp³-hybridized carbons (Fsp3) is 0.200. The molecule has 3 nitrogen and oxygen atoms in total. The van der Waals surface area contributed by atoms with Gasteiger partial charge in [0.05, 0.1) is 5.69 Å². The maximum atomic E-state index is 8.49. The third-order valence-corrected chi connectivity index (χ3v) is 3.48. The molecule has 1 aromatic rings. The van der Waals surface area contributed by atoms with E-state index in [4.69, 9.17) is 5.26 Å². The Morgan fingerprint density at radius 1 is 1.60 bits per heavy atom. The molecule has 0 radical (unpaired) electrons. The molecule has 1 N–H and O–H groups in total. The maximum absolute atomic E-state index is 8.49. The Morgan fingerprint density at radius 2 is 2.33 bits per heavy atom. The van der Waals surface area contributed by atoms with Crippen molar-refractivity contribution in [1.29, 1.82) is 5.26 Å². The Balaban J connectivity index is 2.97. The van der Waals surface area contributed by atoms with Gasteiger partial charge in [-0.2, -0.15) is 5.26 Å². The molecule has 0 heterocycles. The van der Waals surface area contributed by atoms with E-state index < -0.39 is 0 Å². The Labute approximate surface area is 107 Å². The first kappa shape index (κ1) is 12.3. The van der Waals surface area contributed by atoms with Crippen LogP contribution in [0.15, 0.2) is 23.2 Å². The number of aryl methyl sites for hydroxylation is 1. The molecule has 0 aliphatic rings. The van der Waals surface area contributed by atoms with E-state index in [1.54, 1.807) is 0 Å². The molecule has 5 heteroatoms. The van der Waals surface area contributed by atoms with Crippen molar-refractivity contribution < 1.29 is 0 Å². The number of nitrogens with zero attached hydrogens (tertiary/aromatic N) is 2. The second-order valence-electron chi connectivity index (χ2n) is 2.79. The second kappa shape index (κ2) is 5.98. The first-order valence-corrected chi connectivity index (χ1v) is 6.51. The van der Waals surface area contributed by atoms with Gasteiger partial charge in [-0.1, -0.05) is 17.8 Å². The summed E-state index contributed by atoms with van der Waals surface area (Å²) >= 11 is 3.68. The molecule has 1 rings (SSSR count). The van der Waals surface area contributed by atoms with Crippen LogP contribution in [0.5, 0.6) is 0 Å². The van der Waals surface area contributed by atoms with E-state index in [1.165, 1.54) is 20.9 Å². The quantitative estimate of drug-likeness (QED) is 0.283. The molecule has 15 heavy (non-hydrogen) atoms. The van der Waals surface area contributed by atoms with Gasteiger partial charge < -0.3 is 0 Å². The van der Waals surface area contributed by atoms with Gasteiger partial charge in [0.2, 0.25) is 0 Å². The number of hydrogen-bond donors (Lipinski definition) is 1. The molecule has 0 aliphatic heterocycles. The average Bonchev–Trinajstić information content (AvgIpc) is 2.23. The van der Waals surface area contributed by atoms with Crippen LogP contribution in [0.4, 0.5) is 5.69 Å². The predicted octanol–water partition coefficient (Wildman–Crippen LogP) is 3.02. The molecule has 0 saturated heterocycles. The summed E-state index contributed by atoms with van der Waals surface area (Å²) in [5.74, 6) is 0. The van der Waals surface area contributed by atoms with Crippen LogP contribution in [0.1, 0.15) is 5.56 Å². The molecule has 0 amide bonds.